The summed E-state index contributed by atoms with van der Waals surface area (Å²) in [5.74, 6) is -2.50. The van der Waals surface area contributed by atoms with Gasteiger partial charge in [0.05, 0.1) is 11.6 Å². The first kappa shape index (κ1) is 14.9. The SMILES string of the molecule is N[C@H](C(=O)O)[C@H]1CC(=O)NN1Cc1ccc(C(=O)O)cc1. The highest BCUT2D eigenvalue weighted by atomic mass is 16.4. The average molecular weight is 293 g/mol. The number of carbonyl (C=O) groups excluding carboxylic acids is 1. The van der Waals surface area contributed by atoms with Gasteiger partial charge in [0.1, 0.15) is 6.04 Å². The summed E-state index contributed by atoms with van der Waals surface area (Å²) < 4.78 is 0. The summed E-state index contributed by atoms with van der Waals surface area (Å²) in [7, 11) is 0. The van der Waals surface area contributed by atoms with Gasteiger partial charge in [-0.1, -0.05) is 12.1 Å². The summed E-state index contributed by atoms with van der Waals surface area (Å²) >= 11 is 0. The molecule has 0 spiro atoms. The number of hydrogen-bond donors (Lipinski definition) is 4. The molecule has 1 heterocycles. The van der Waals surface area contributed by atoms with Gasteiger partial charge in [-0.25, -0.2) is 9.80 Å². The molecule has 0 bridgehead atoms. The Morgan fingerprint density at radius 1 is 1.33 bits per heavy atom. The Bertz CT molecular complexity index is 572. The van der Waals surface area contributed by atoms with E-state index in [4.69, 9.17) is 15.9 Å². The molecule has 1 aromatic carbocycles. The molecular weight excluding hydrogens is 278 g/mol. The molecule has 0 unspecified atom stereocenters. The van der Waals surface area contributed by atoms with Crippen molar-refractivity contribution < 1.29 is 24.6 Å². The first-order chi connectivity index (χ1) is 9.88. The van der Waals surface area contributed by atoms with Crippen molar-refractivity contribution in [3.8, 4) is 0 Å². The number of aliphatic carboxylic acids is 1. The van der Waals surface area contributed by atoms with Crippen molar-refractivity contribution in [2.45, 2.75) is 25.0 Å². The van der Waals surface area contributed by atoms with Gasteiger partial charge in [0.2, 0.25) is 5.91 Å². The molecule has 112 valence electrons. The smallest absolute Gasteiger partial charge is 0.335 e. The Morgan fingerprint density at radius 2 is 1.95 bits per heavy atom. The summed E-state index contributed by atoms with van der Waals surface area (Å²) in [6.45, 7) is 0.247. The minimum Gasteiger partial charge on any atom is -0.480 e. The number of carboxylic acid groups (broad SMARTS) is 2. The van der Waals surface area contributed by atoms with Crippen molar-refractivity contribution in [2.75, 3.05) is 0 Å². The van der Waals surface area contributed by atoms with Crippen molar-refractivity contribution in [1.29, 1.82) is 0 Å². The number of hydrazine groups is 1. The molecular formula is C13H15N3O5. The minimum atomic E-state index is -1.18. The van der Waals surface area contributed by atoms with Gasteiger partial charge in [0.15, 0.2) is 0 Å². The number of nitrogens with two attached hydrogens (primary N) is 1. The molecule has 1 fully saturated rings. The molecule has 8 heteroatoms. The van der Waals surface area contributed by atoms with E-state index in [9.17, 15) is 14.4 Å². The van der Waals surface area contributed by atoms with Crippen LogP contribution >= 0.6 is 0 Å². The van der Waals surface area contributed by atoms with E-state index in [0.717, 1.165) is 5.56 Å². The molecule has 8 nitrogen and oxygen atoms in total. The van der Waals surface area contributed by atoms with Gasteiger partial charge in [-0.05, 0) is 17.7 Å². The molecule has 0 aromatic heterocycles. The van der Waals surface area contributed by atoms with Crippen molar-refractivity contribution in [1.82, 2.24) is 10.4 Å². The molecule has 0 saturated carbocycles. The molecule has 2 rings (SSSR count). The summed E-state index contributed by atoms with van der Waals surface area (Å²) in [5.41, 5.74) is 9.04. The highest BCUT2D eigenvalue weighted by molar-refractivity contribution is 5.87. The zero-order valence-corrected chi connectivity index (χ0v) is 11.0. The molecule has 1 aliphatic rings. The molecule has 0 aliphatic carbocycles. The molecule has 1 saturated heterocycles. The van der Waals surface area contributed by atoms with Crippen LogP contribution in [-0.4, -0.2) is 45.2 Å². The van der Waals surface area contributed by atoms with Crippen LogP contribution in [0.2, 0.25) is 0 Å². The second-order valence-electron chi connectivity index (χ2n) is 4.80. The fourth-order valence-electron chi connectivity index (χ4n) is 2.18. The van der Waals surface area contributed by atoms with Crippen LogP contribution in [0.4, 0.5) is 0 Å². The zero-order valence-electron chi connectivity index (χ0n) is 11.0. The van der Waals surface area contributed by atoms with Crippen LogP contribution in [-0.2, 0) is 16.1 Å². The fraction of sp³-hybridized carbons (Fsp3) is 0.308. The molecule has 2 atom stereocenters. The van der Waals surface area contributed by atoms with E-state index in [-0.39, 0.29) is 24.4 Å². The number of aromatic carboxylic acids is 1. The van der Waals surface area contributed by atoms with Gasteiger partial charge in [-0.2, -0.15) is 0 Å². The highest BCUT2D eigenvalue weighted by Crippen LogP contribution is 2.17. The van der Waals surface area contributed by atoms with Crippen molar-refractivity contribution >= 4 is 17.8 Å². The van der Waals surface area contributed by atoms with Crippen LogP contribution in [0.25, 0.3) is 0 Å². The first-order valence-corrected chi connectivity index (χ1v) is 6.25. The van der Waals surface area contributed by atoms with E-state index in [2.05, 4.69) is 5.43 Å². The van der Waals surface area contributed by atoms with Crippen LogP contribution in [0, 0.1) is 0 Å². The Morgan fingerprint density at radius 3 is 2.48 bits per heavy atom. The number of nitrogens with one attached hydrogen (secondary N) is 1. The zero-order chi connectivity index (χ0) is 15.6. The van der Waals surface area contributed by atoms with Crippen molar-refractivity contribution in [2.24, 2.45) is 5.73 Å². The van der Waals surface area contributed by atoms with Gasteiger partial charge in [-0.15, -0.1) is 0 Å². The molecule has 1 aliphatic heterocycles. The van der Waals surface area contributed by atoms with E-state index in [1.165, 1.54) is 17.1 Å². The lowest BCUT2D eigenvalue weighted by atomic mass is 10.1. The minimum absolute atomic E-state index is 0.0146. The molecule has 1 aromatic rings. The summed E-state index contributed by atoms with van der Waals surface area (Å²) in [4.78, 5) is 33.2. The molecule has 5 N–H and O–H groups in total. The second-order valence-corrected chi connectivity index (χ2v) is 4.80. The normalized spacial score (nSPS) is 20.0. The third-order valence-corrected chi connectivity index (χ3v) is 3.32. The van der Waals surface area contributed by atoms with Crippen molar-refractivity contribution in [3.05, 3.63) is 35.4 Å². The molecule has 21 heavy (non-hydrogen) atoms. The Labute approximate surface area is 120 Å². The largest absolute Gasteiger partial charge is 0.480 e. The number of carbonyl (C=O) groups is 3. The van der Waals surface area contributed by atoms with Crippen molar-refractivity contribution in [3.63, 3.8) is 0 Å². The van der Waals surface area contributed by atoms with Crippen LogP contribution in [0.3, 0.4) is 0 Å². The second kappa shape index (κ2) is 5.90. The van der Waals surface area contributed by atoms with E-state index in [1.807, 2.05) is 0 Å². The van der Waals surface area contributed by atoms with E-state index >= 15 is 0 Å². The van der Waals surface area contributed by atoms with Gasteiger partial charge in [0, 0.05) is 13.0 Å². The third kappa shape index (κ3) is 3.36. The lowest BCUT2D eigenvalue weighted by Crippen LogP contribution is -2.50. The van der Waals surface area contributed by atoms with Gasteiger partial charge >= 0.3 is 11.9 Å². The predicted molar refractivity (Wildman–Crippen MR) is 71.1 cm³/mol. The van der Waals surface area contributed by atoms with E-state index < -0.39 is 24.0 Å². The Balaban J connectivity index is 2.11. The number of carboxylic acids is 2. The summed E-state index contributed by atoms with van der Waals surface area (Å²) in [5, 5.41) is 19.2. The lowest BCUT2D eigenvalue weighted by molar-refractivity contribution is -0.140. The van der Waals surface area contributed by atoms with Crippen LogP contribution in [0.5, 0.6) is 0 Å². The number of benzene rings is 1. The molecule has 1 amide bonds. The van der Waals surface area contributed by atoms with Crippen LogP contribution < -0.4 is 11.2 Å². The Hall–Kier alpha value is -2.45. The summed E-state index contributed by atoms with van der Waals surface area (Å²) in [6, 6.07) is 4.29. The third-order valence-electron chi connectivity index (χ3n) is 3.32. The fourth-order valence-corrected chi connectivity index (χ4v) is 2.18. The molecule has 0 radical (unpaired) electrons. The van der Waals surface area contributed by atoms with E-state index in [1.54, 1.807) is 12.1 Å². The first-order valence-electron chi connectivity index (χ1n) is 6.25. The van der Waals surface area contributed by atoms with Gasteiger partial charge in [0.25, 0.3) is 0 Å². The number of rotatable bonds is 5. The monoisotopic (exact) mass is 293 g/mol. The predicted octanol–water partition coefficient (Wildman–Crippen LogP) is -0.598. The van der Waals surface area contributed by atoms with Crippen LogP contribution in [0.15, 0.2) is 24.3 Å². The number of nitrogens with zero attached hydrogens (tertiary/aromatic N) is 1. The maximum atomic E-state index is 11.4. The average Bonchev–Trinajstić information content (AvgIpc) is 2.79. The standard InChI is InChI=1S/C13H15N3O5/c14-11(13(20)21)9-5-10(17)15-16(9)6-7-1-3-8(4-2-7)12(18)19/h1-4,9,11H,5-6,14H2,(H,15,17)(H,18,19)(H,20,21)/t9-,11+/m1/s1. The summed E-state index contributed by atoms with van der Waals surface area (Å²) in [6.07, 6.45) is 0.0146. The maximum Gasteiger partial charge on any atom is 0.335 e. The quantitative estimate of drug-likeness (QED) is 0.569. The lowest BCUT2D eigenvalue weighted by Gasteiger charge is -2.25. The van der Waals surface area contributed by atoms with Gasteiger partial charge < -0.3 is 15.9 Å². The maximum absolute atomic E-state index is 11.4. The van der Waals surface area contributed by atoms with Gasteiger partial charge in [-0.3, -0.25) is 15.0 Å². The number of hydrogen-bond acceptors (Lipinski definition) is 5. The topological polar surface area (TPSA) is 133 Å². The number of amides is 1. The van der Waals surface area contributed by atoms with E-state index in [0.29, 0.717) is 0 Å². The Kier molecular flexibility index (Phi) is 4.20. The van der Waals surface area contributed by atoms with Crippen LogP contribution in [0.1, 0.15) is 22.3 Å². The highest BCUT2D eigenvalue weighted by Gasteiger charge is 2.37.